The summed E-state index contributed by atoms with van der Waals surface area (Å²) in [5.41, 5.74) is 1.03. The molecule has 0 spiro atoms. The highest BCUT2D eigenvalue weighted by Crippen LogP contribution is 2.19. The molecule has 1 N–H and O–H groups in total. The third kappa shape index (κ3) is 3.62. The van der Waals surface area contributed by atoms with Crippen LogP contribution in [0.2, 0.25) is 0 Å². The van der Waals surface area contributed by atoms with E-state index < -0.39 is 10.0 Å². The van der Waals surface area contributed by atoms with E-state index in [2.05, 4.69) is 25.6 Å². The van der Waals surface area contributed by atoms with Crippen LogP contribution in [0.25, 0.3) is 0 Å². The Hall–Kier alpha value is -0.760. The van der Waals surface area contributed by atoms with Crippen molar-refractivity contribution in [2.24, 2.45) is 0 Å². The van der Waals surface area contributed by atoms with Crippen LogP contribution >= 0.6 is 27.3 Å². The number of hydrogen-bond donors (Lipinski definition) is 1. The van der Waals surface area contributed by atoms with Crippen LogP contribution in [0.5, 0.6) is 0 Å². The predicted octanol–water partition coefficient (Wildman–Crippen LogP) is 3.08. The van der Waals surface area contributed by atoms with Crippen molar-refractivity contribution in [3.63, 3.8) is 0 Å². The maximum absolute atomic E-state index is 12.2. The first-order valence-corrected chi connectivity index (χ1v) is 9.08. The van der Waals surface area contributed by atoms with Crippen LogP contribution in [0, 0.1) is 0 Å². The normalized spacial score (nSPS) is 13.4. The van der Waals surface area contributed by atoms with Crippen LogP contribution in [-0.4, -0.2) is 13.4 Å². The van der Waals surface area contributed by atoms with Crippen molar-refractivity contribution in [1.29, 1.82) is 0 Å². The second-order valence-electron chi connectivity index (χ2n) is 3.99. The fourth-order valence-corrected chi connectivity index (χ4v) is 3.86. The second-order valence-corrected chi connectivity index (χ2v) is 7.19. The molecule has 0 saturated heterocycles. The number of aromatic nitrogens is 1. The molecule has 19 heavy (non-hydrogen) atoms. The van der Waals surface area contributed by atoms with Crippen LogP contribution in [-0.2, 0) is 15.4 Å². The smallest absolute Gasteiger partial charge is 0.241 e. The quantitative estimate of drug-likeness (QED) is 0.833. The number of nitrogens with zero attached hydrogens (tertiary/aromatic N) is 1. The third-order valence-electron chi connectivity index (χ3n) is 2.54. The minimum absolute atomic E-state index is 0.264. The maximum atomic E-state index is 12.2. The number of thiazole rings is 1. The van der Waals surface area contributed by atoms with Gasteiger partial charge in [-0.2, -0.15) is 0 Å². The Bertz CT molecular complexity index is 624. The highest BCUT2D eigenvalue weighted by molar-refractivity contribution is 9.08. The first kappa shape index (κ1) is 14.6. The molecule has 0 fully saturated rings. The Morgan fingerprint density at radius 2 is 2.05 bits per heavy atom. The van der Waals surface area contributed by atoms with E-state index >= 15 is 0 Å². The van der Waals surface area contributed by atoms with Gasteiger partial charge in [-0.15, -0.1) is 11.3 Å². The van der Waals surface area contributed by atoms with E-state index in [0.717, 1.165) is 10.6 Å². The van der Waals surface area contributed by atoms with Gasteiger partial charge in [0.25, 0.3) is 0 Å². The van der Waals surface area contributed by atoms with Crippen molar-refractivity contribution in [2.45, 2.75) is 23.2 Å². The Morgan fingerprint density at radius 3 is 2.58 bits per heavy atom. The van der Waals surface area contributed by atoms with Gasteiger partial charge in [-0.1, -0.05) is 28.1 Å². The topological polar surface area (TPSA) is 59.1 Å². The van der Waals surface area contributed by atoms with Crippen molar-refractivity contribution >= 4 is 37.3 Å². The molecule has 4 nitrogen and oxygen atoms in total. The number of nitrogens with one attached hydrogen (secondary N) is 1. The maximum Gasteiger partial charge on any atom is 0.241 e. The van der Waals surface area contributed by atoms with Gasteiger partial charge in [-0.05, 0) is 24.6 Å². The SMILES string of the molecule is CC(NS(=O)(=O)c1ccc(CBr)cc1)c1nccs1. The average Bonchev–Trinajstić information content (AvgIpc) is 2.92. The standard InChI is InChI=1S/C12H13BrN2O2S2/c1-9(12-14-6-7-18-12)15-19(16,17)11-4-2-10(8-13)3-5-11/h2-7,9,15H,8H2,1H3. The van der Waals surface area contributed by atoms with Gasteiger partial charge in [-0.25, -0.2) is 18.1 Å². The average molecular weight is 361 g/mol. The minimum atomic E-state index is -3.51. The number of sulfonamides is 1. The van der Waals surface area contributed by atoms with E-state index in [1.807, 2.05) is 5.38 Å². The van der Waals surface area contributed by atoms with Crippen LogP contribution in [0.3, 0.4) is 0 Å². The molecule has 2 rings (SSSR count). The molecule has 2 aromatic rings. The van der Waals surface area contributed by atoms with Gasteiger partial charge in [0.1, 0.15) is 5.01 Å². The molecular weight excluding hydrogens is 348 g/mol. The molecule has 1 unspecified atom stereocenters. The molecule has 1 atom stereocenters. The lowest BCUT2D eigenvalue weighted by Gasteiger charge is -2.12. The first-order chi connectivity index (χ1) is 9.03. The summed E-state index contributed by atoms with van der Waals surface area (Å²) in [7, 11) is -3.51. The third-order valence-corrected chi connectivity index (χ3v) is 5.70. The summed E-state index contributed by atoms with van der Waals surface area (Å²) in [5.74, 6) is 0. The van der Waals surface area contributed by atoms with Gasteiger partial charge in [0.15, 0.2) is 0 Å². The highest BCUT2D eigenvalue weighted by Gasteiger charge is 2.19. The van der Waals surface area contributed by atoms with Crippen LogP contribution in [0.15, 0.2) is 40.7 Å². The Morgan fingerprint density at radius 1 is 1.37 bits per heavy atom. The fraction of sp³-hybridized carbons (Fsp3) is 0.250. The van der Waals surface area contributed by atoms with Gasteiger partial charge in [0.2, 0.25) is 10.0 Å². The summed E-state index contributed by atoms with van der Waals surface area (Å²) in [6, 6.07) is 6.45. The lowest BCUT2D eigenvalue weighted by atomic mass is 10.2. The van der Waals surface area contributed by atoms with Crippen molar-refractivity contribution in [3.8, 4) is 0 Å². The van der Waals surface area contributed by atoms with E-state index in [1.54, 1.807) is 37.4 Å². The molecule has 102 valence electrons. The number of rotatable bonds is 5. The van der Waals surface area contributed by atoms with E-state index in [1.165, 1.54) is 11.3 Å². The molecule has 0 amide bonds. The molecule has 0 radical (unpaired) electrons. The zero-order valence-corrected chi connectivity index (χ0v) is 13.4. The minimum Gasteiger partial charge on any atom is -0.248 e. The molecule has 0 aliphatic rings. The summed E-state index contributed by atoms with van der Waals surface area (Å²) in [6.45, 7) is 1.78. The number of alkyl halides is 1. The Balaban J connectivity index is 2.17. The van der Waals surface area contributed by atoms with E-state index in [-0.39, 0.29) is 10.9 Å². The zero-order valence-electron chi connectivity index (χ0n) is 10.2. The van der Waals surface area contributed by atoms with E-state index in [0.29, 0.717) is 5.33 Å². The number of benzene rings is 1. The van der Waals surface area contributed by atoms with Crippen molar-refractivity contribution < 1.29 is 8.42 Å². The van der Waals surface area contributed by atoms with Crippen LogP contribution < -0.4 is 4.72 Å². The molecule has 0 bridgehead atoms. The molecule has 1 aromatic carbocycles. The molecule has 0 saturated carbocycles. The zero-order chi connectivity index (χ0) is 13.9. The second kappa shape index (κ2) is 6.13. The highest BCUT2D eigenvalue weighted by atomic mass is 79.9. The molecule has 1 heterocycles. The number of halogens is 1. The Kier molecular flexibility index (Phi) is 4.72. The summed E-state index contributed by atoms with van der Waals surface area (Å²) in [5, 5.41) is 3.28. The molecule has 0 aliphatic heterocycles. The van der Waals surface area contributed by atoms with Gasteiger partial charge >= 0.3 is 0 Å². The largest absolute Gasteiger partial charge is 0.248 e. The van der Waals surface area contributed by atoms with Gasteiger partial charge in [-0.3, -0.25) is 0 Å². The van der Waals surface area contributed by atoms with Gasteiger partial charge in [0.05, 0.1) is 10.9 Å². The lowest BCUT2D eigenvalue weighted by Crippen LogP contribution is -2.26. The summed E-state index contributed by atoms with van der Waals surface area (Å²) >= 11 is 4.76. The molecule has 7 heteroatoms. The van der Waals surface area contributed by atoms with Gasteiger partial charge < -0.3 is 0 Å². The van der Waals surface area contributed by atoms with E-state index in [9.17, 15) is 8.42 Å². The van der Waals surface area contributed by atoms with Crippen LogP contribution in [0.1, 0.15) is 23.5 Å². The Labute approximate surface area is 125 Å². The molecule has 0 aliphatic carbocycles. The van der Waals surface area contributed by atoms with Crippen molar-refractivity contribution in [2.75, 3.05) is 0 Å². The first-order valence-electron chi connectivity index (χ1n) is 5.59. The summed E-state index contributed by atoms with van der Waals surface area (Å²) < 4.78 is 27.0. The number of hydrogen-bond acceptors (Lipinski definition) is 4. The lowest BCUT2D eigenvalue weighted by molar-refractivity contribution is 0.566. The summed E-state index contributed by atoms with van der Waals surface area (Å²) in [6.07, 6.45) is 1.66. The monoisotopic (exact) mass is 360 g/mol. The summed E-state index contributed by atoms with van der Waals surface area (Å²) in [4.78, 5) is 4.37. The van der Waals surface area contributed by atoms with E-state index in [4.69, 9.17) is 0 Å². The molecule has 1 aromatic heterocycles. The van der Waals surface area contributed by atoms with Crippen molar-refractivity contribution in [3.05, 3.63) is 46.4 Å². The van der Waals surface area contributed by atoms with Crippen LogP contribution in [0.4, 0.5) is 0 Å². The fourth-order valence-electron chi connectivity index (χ4n) is 1.56. The molecular formula is C12H13BrN2O2S2. The van der Waals surface area contributed by atoms with Crippen molar-refractivity contribution in [1.82, 2.24) is 9.71 Å². The predicted molar refractivity (Wildman–Crippen MR) is 79.9 cm³/mol. The van der Waals surface area contributed by atoms with Gasteiger partial charge in [0, 0.05) is 16.9 Å².